The summed E-state index contributed by atoms with van der Waals surface area (Å²) in [4.78, 5) is 11.6. The molecule has 0 saturated carbocycles. The van der Waals surface area contributed by atoms with Crippen LogP contribution in [0.25, 0.3) is 0 Å². The number of aliphatic hydroxyl groups excluding tert-OH is 1. The largest absolute Gasteiger partial charge is 0.479 e. The Morgan fingerprint density at radius 1 is 1.39 bits per heavy atom. The van der Waals surface area contributed by atoms with Crippen LogP contribution in [0.4, 0.5) is 0 Å². The maximum absolute atomic E-state index is 11.6. The zero-order chi connectivity index (χ0) is 13.3. The highest BCUT2D eigenvalue weighted by Gasteiger charge is 2.48. The van der Waals surface area contributed by atoms with Crippen molar-refractivity contribution in [3.63, 3.8) is 0 Å². The van der Waals surface area contributed by atoms with Crippen molar-refractivity contribution in [3.05, 3.63) is 35.4 Å². The van der Waals surface area contributed by atoms with E-state index >= 15 is 0 Å². The van der Waals surface area contributed by atoms with E-state index in [0.717, 1.165) is 5.56 Å². The van der Waals surface area contributed by atoms with Crippen molar-refractivity contribution in [1.29, 1.82) is 0 Å². The van der Waals surface area contributed by atoms with Crippen LogP contribution in [0.1, 0.15) is 31.4 Å². The topological polar surface area (TPSA) is 66.8 Å². The molecule has 0 heterocycles. The van der Waals surface area contributed by atoms with E-state index in [1.165, 1.54) is 0 Å². The number of benzene rings is 1. The molecule has 98 valence electrons. The number of hydrogen-bond donors (Lipinski definition) is 2. The molecule has 0 amide bonds. The summed E-state index contributed by atoms with van der Waals surface area (Å²) in [7, 11) is 0. The quantitative estimate of drug-likeness (QED) is 0.853. The molecule has 1 aromatic carbocycles. The summed E-state index contributed by atoms with van der Waals surface area (Å²) in [5.74, 6) is -0.986. The van der Waals surface area contributed by atoms with Crippen molar-refractivity contribution in [2.75, 3.05) is 0 Å². The van der Waals surface area contributed by atoms with Gasteiger partial charge in [-0.2, -0.15) is 0 Å². The van der Waals surface area contributed by atoms with Crippen LogP contribution in [0.5, 0.6) is 0 Å². The minimum absolute atomic E-state index is 0.415. The van der Waals surface area contributed by atoms with Gasteiger partial charge in [-0.25, -0.2) is 4.79 Å². The molecule has 1 aliphatic rings. The second-order valence-electron chi connectivity index (χ2n) is 4.85. The monoisotopic (exact) mass is 250 g/mol. The Hall–Kier alpha value is -1.39. The second kappa shape index (κ2) is 4.71. The van der Waals surface area contributed by atoms with Crippen molar-refractivity contribution >= 4 is 5.97 Å². The summed E-state index contributed by atoms with van der Waals surface area (Å²) in [6.45, 7) is 3.29. The number of aliphatic hydroxyl groups is 1. The molecule has 0 radical (unpaired) electrons. The highest BCUT2D eigenvalue weighted by Crippen LogP contribution is 2.41. The first kappa shape index (κ1) is 13.1. The number of aliphatic carboxylic acids is 1. The minimum Gasteiger partial charge on any atom is -0.479 e. The molecule has 18 heavy (non-hydrogen) atoms. The van der Waals surface area contributed by atoms with Gasteiger partial charge in [-0.05, 0) is 37.8 Å². The fraction of sp³-hybridized carbons (Fsp3) is 0.500. The van der Waals surface area contributed by atoms with Gasteiger partial charge in [0.25, 0.3) is 0 Å². The lowest BCUT2D eigenvalue weighted by Crippen LogP contribution is -2.42. The van der Waals surface area contributed by atoms with Gasteiger partial charge in [-0.3, -0.25) is 0 Å². The normalized spacial score (nSPS) is 25.5. The molecule has 1 aromatic rings. The molecule has 0 saturated heterocycles. The Bertz CT molecular complexity index is 455. The van der Waals surface area contributed by atoms with E-state index in [-0.39, 0.29) is 0 Å². The lowest BCUT2D eigenvalue weighted by molar-refractivity contribution is -0.182. The Morgan fingerprint density at radius 3 is 2.67 bits per heavy atom. The van der Waals surface area contributed by atoms with Gasteiger partial charge in [-0.15, -0.1) is 0 Å². The first-order valence-corrected chi connectivity index (χ1v) is 6.15. The summed E-state index contributed by atoms with van der Waals surface area (Å²) < 4.78 is 5.70. The van der Waals surface area contributed by atoms with Crippen LogP contribution in [0.2, 0.25) is 0 Å². The third-order valence-corrected chi connectivity index (χ3v) is 3.61. The van der Waals surface area contributed by atoms with E-state index in [0.29, 0.717) is 18.4 Å². The Balaban J connectivity index is 2.39. The number of ether oxygens (including phenoxy) is 1. The highest BCUT2D eigenvalue weighted by atomic mass is 16.5. The summed E-state index contributed by atoms with van der Waals surface area (Å²) >= 11 is 0. The molecule has 0 aliphatic heterocycles. The van der Waals surface area contributed by atoms with Crippen molar-refractivity contribution < 1.29 is 19.7 Å². The van der Waals surface area contributed by atoms with Gasteiger partial charge in [0.2, 0.25) is 0 Å². The maximum atomic E-state index is 11.6. The predicted molar refractivity (Wildman–Crippen MR) is 66.3 cm³/mol. The molecule has 4 nitrogen and oxygen atoms in total. The van der Waals surface area contributed by atoms with Crippen LogP contribution in [0.3, 0.4) is 0 Å². The predicted octanol–water partition coefficient (Wildman–Crippen LogP) is 1.70. The molecule has 0 fully saturated rings. The molecule has 3 unspecified atom stereocenters. The first-order valence-electron chi connectivity index (χ1n) is 6.15. The SMILES string of the molecule is CC(O)C(C)OC1(C(=O)O)CCc2ccccc21. The van der Waals surface area contributed by atoms with Crippen LogP contribution in [0.15, 0.2) is 24.3 Å². The molecule has 0 spiro atoms. The van der Waals surface area contributed by atoms with Crippen molar-refractivity contribution in [1.82, 2.24) is 0 Å². The first-order chi connectivity index (χ1) is 8.47. The van der Waals surface area contributed by atoms with Gasteiger partial charge in [0.15, 0.2) is 5.60 Å². The Morgan fingerprint density at radius 2 is 2.06 bits per heavy atom. The van der Waals surface area contributed by atoms with Gasteiger partial charge < -0.3 is 14.9 Å². The minimum atomic E-state index is -1.31. The summed E-state index contributed by atoms with van der Waals surface area (Å²) in [5, 5.41) is 19.0. The van der Waals surface area contributed by atoms with E-state index in [9.17, 15) is 15.0 Å². The average molecular weight is 250 g/mol. The Labute approximate surface area is 106 Å². The molecular weight excluding hydrogens is 232 g/mol. The number of aryl methyl sites for hydroxylation is 1. The van der Waals surface area contributed by atoms with E-state index < -0.39 is 23.8 Å². The van der Waals surface area contributed by atoms with Crippen LogP contribution >= 0.6 is 0 Å². The number of carbonyl (C=O) groups is 1. The summed E-state index contributed by atoms with van der Waals surface area (Å²) in [5.41, 5.74) is 0.412. The maximum Gasteiger partial charge on any atom is 0.340 e. The van der Waals surface area contributed by atoms with Crippen molar-refractivity contribution in [3.8, 4) is 0 Å². The van der Waals surface area contributed by atoms with Crippen molar-refractivity contribution in [2.45, 2.75) is 44.5 Å². The fourth-order valence-corrected chi connectivity index (χ4v) is 2.39. The van der Waals surface area contributed by atoms with Gasteiger partial charge in [-0.1, -0.05) is 24.3 Å². The molecule has 2 rings (SSSR count). The zero-order valence-corrected chi connectivity index (χ0v) is 10.6. The van der Waals surface area contributed by atoms with Crippen LogP contribution in [-0.2, 0) is 21.6 Å². The van der Waals surface area contributed by atoms with E-state index in [1.54, 1.807) is 19.9 Å². The lowest BCUT2D eigenvalue weighted by atomic mass is 9.95. The summed E-state index contributed by atoms with van der Waals surface area (Å²) in [6, 6.07) is 7.44. The van der Waals surface area contributed by atoms with Crippen LogP contribution in [0, 0.1) is 0 Å². The average Bonchev–Trinajstić information content (AvgIpc) is 2.70. The molecule has 0 bridgehead atoms. The molecule has 1 aliphatic carbocycles. The van der Waals surface area contributed by atoms with Gasteiger partial charge in [0, 0.05) is 0 Å². The zero-order valence-electron chi connectivity index (χ0n) is 10.6. The third-order valence-electron chi connectivity index (χ3n) is 3.61. The number of carboxylic acid groups (broad SMARTS) is 1. The highest BCUT2D eigenvalue weighted by molar-refractivity contribution is 5.81. The second-order valence-corrected chi connectivity index (χ2v) is 4.85. The molecule has 2 N–H and O–H groups in total. The van der Waals surface area contributed by atoms with E-state index in [4.69, 9.17) is 4.74 Å². The number of carboxylic acids is 1. The van der Waals surface area contributed by atoms with Gasteiger partial charge in [0.1, 0.15) is 0 Å². The summed E-state index contributed by atoms with van der Waals surface area (Å²) in [6.07, 6.45) is -0.116. The lowest BCUT2D eigenvalue weighted by Gasteiger charge is -2.30. The standard InChI is InChI=1S/C14H18O4/c1-9(15)10(2)18-14(13(16)17)8-7-11-5-3-4-6-12(11)14/h3-6,9-10,15H,7-8H2,1-2H3,(H,16,17). The number of hydrogen-bond acceptors (Lipinski definition) is 3. The van der Waals surface area contributed by atoms with Crippen LogP contribution < -0.4 is 0 Å². The number of fused-ring (bicyclic) bond motifs is 1. The molecule has 3 atom stereocenters. The third kappa shape index (κ3) is 2.02. The van der Waals surface area contributed by atoms with Gasteiger partial charge in [0.05, 0.1) is 12.2 Å². The number of rotatable bonds is 4. The van der Waals surface area contributed by atoms with Crippen molar-refractivity contribution in [2.24, 2.45) is 0 Å². The van der Waals surface area contributed by atoms with Gasteiger partial charge >= 0.3 is 5.97 Å². The molecule has 0 aromatic heterocycles. The fourth-order valence-electron chi connectivity index (χ4n) is 2.39. The van der Waals surface area contributed by atoms with E-state index in [1.807, 2.05) is 18.2 Å². The molecular formula is C14H18O4. The molecule has 4 heteroatoms. The van der Waals surface area contributed by atoms with E-state index in [2.05, 4.69) is 0 Å². The smallest absolute Gasteiger partial charge is 0.340 e. The Kier molecular flexibility index (Phi) is 3.41. The van der Waals surface area contributed by atoms with Crippen LogP contribution in [-0.4, -0.2) is 28.4 Å².